The SMILES string of the molecule is N#CC1C(c2cccs2)C(C(N)=O)C(=O)NC1(O)c1ccccc1. The Morgan fingerprint density at radius 1 is 1.29 bits per heavy atom. The van der Waals surface area contributed by atoms with Crippen molar-refractivity contribution in [1.82, 2.24) is 5.32 Å². The topological polar surface area (TPSA) is 116 Å². The smallest absolute Gasteiger partial charge is 0.235 e. The highest BCUT2D eigenvalue weighted by molar-refractivity contribution is 7.10. The van der Waals surface area contributed by atoms with Gasteiger partial charge in [-0.2, -0.15) is 5.26 Å². The minimum Gasteiger partial charge on any atom is -0.369 e. The molecule has 7 heteroatoms. The van der Waals surface area contributed by atoms with Gasteiger partial charge in [-0.1, -0.05) is 36.4 Å². The third-order valence-electron chi connectivity index (χ3n) is 4.30. The summed E-state index contributed by atoms with van der Waals surface area (Å²) in [6.07, 6.45) is 0. The first kappa shape index (κ1) is 16.2. The van der Waals surface area contributed by atoms with Crippen molar-refractivity contribution in [3.8, 4) is 6.07 Å². The Balaban J connectivity index is 2.17. The molecule has 1 aliphatic heterocycles. The number of amides is 2. The van der Waals surface area contributed by atoms with Gasteiger partial charge in [0.2, 0.25) is 11.8 Å². The van der Waals surface area contributed by atoms with E-state index < -0.39 is 35.3 Å². The Morgan fingerprint density at radius 2 is 2.00 bits per heavy atom. The van der Waals surface area contributed by atoms with Crippen LogP contribution in [-0.4, -0.2) is 16.9 Å². The first-order valence-electron chi connectivity index (χ1n) is 7.31. The van der Waals surface area contributed by atoms with E-state index in [0.29, 0.717) is 10.4 Å². The Bertz CT molecular complexity index is 800. The average Bonchev–Trinajstić information content (AvgIpc) is 3.08. The van der Waals surface area contributed by atoms with Gasteiger partial charge in [0.25, 0.3) is 0 Å². The van der Waals surface area contributed by atoms with E-state index in [2.05, 4.69) is 11.4 Å². The van der Waals surface area contributed by atoms with Gasteiger partial charge >= 0.3 is 0 Å². The molecule has 6 nitrogen and oxygen atoms in total. The lowest BCUT2D eigenvalue weighted by Gasteiger charge is -2.44. The molecule has 2 amide bonds. The number of piperidine rings is 1. The molecule has 3 rings (SSSR count). The first-order chi connectivity index (χ1) is 11.5. The van der Waals surface area contributed by atoms with Crippen molar-refractivity contribution in [3.05, 3.63) is 58.3 Å². The van der Waals surface area contributed by atoms with Crippen LogP contribution >= 0.6 is 11.3 Å². The second-order valence-corrected chi connectivity index (χ2v) is 6.63. The zero-order valence-electron chi connectivity index (χ0n) is 12.5. The van der Waals surface area contributed by atoms with E-state index in [1.54, 1.807) is 47.8 Å². The van der Waals surface area contributed by atoms with Crippen molar-refractivity contribution in [2.75, 3.05) is 0 Å². The van der Waals surface area contributed by atoms with E-state index in [1.165, 1.54) is 11.3 Å². The summed E-state index contributed by atoms with van der Waals surface area (Å²) in [4.78, 5) is 25.0. The molecule has 1 aromatic heterocycles. The van der Waals surface area contributed by atoms with Gasteiger partial charge in [0.1, 0.15) is 11.8 Å². The lowest BCUT2D eigenvalue weighted by Crippen LogP contribution is -2.62. The van der Waals surface area contributed by atoms with Crippen molar-refractivity contribution in [1.29, 1.82) is 5.26 Å². The van der Waals surface area contributed by atoms with Crippen LogP contribution in [0.2, 0.25) is 0 Å². The Labute approximate surface area is 142 Å². The van der Waals surface area contributed by atoms with E-state index in [0.717, 1.165) is 0 Å². The van der Waals surface area contributed by atoms with Gasteiger partial charge in [0, 0.05) is 16.4 Å². The maximum absolute atomic E-state index is 12.5. The molecule has 24 heavy (non-hydrogen) atoms. The number of hydrogen-bond donors (Lipinski definition) is 3. The summed E-state index contributed by atoms with van der Waals surface area (Å²) in [6.45, 7) is 0. The van der Waals surface area contributed by atoms with Crippen LogP contribution in [0.4, 0.5) is 0 Å². The lowest BCUT2D eigenvalue weighted by molar-refractivity contribution is -0.153. The van der Waals surface area contributed by atoms with Crippen LogP contribution in [0.25, 0.3) is 0 Å². The molecule has 2 heterocycles. The van der Waals surface area contributed by atoms with E-state index in [-0.39, 0.29) is 0 Å². The summed E-state index contributed by atoms with van der Waals surface area (Å²) in [5, 5.41) is 25.1. The fourth-order valence-corrected chi connectivity index (χ4v) is 4.09. The number of aliphatic hydroxyl groups is 1. The maximum atomic E-state index is 12.5. The van der Waals surface area contributed by atoms with Crippen LogP contribution < -0.4 is 11.1 Å². The highest BCUT2D eigenvalue weighted by Gasteiger charge is 2.56. The second-order valence-electron chi connectivity index (χ2n) is 5.65. The molecule has 0 radical (unpaired) electrons. The van der Waals surface area contributed by atoms with Crippen molar-refractivity contribution < 1.29 is 14.7 Å². The minimum absolute atomic E-state index is 0.384. The molecule has 1 saturated heterocycles. The molecule has 1 fully saturated rings. The Hall–Kier alpha value is -2.69. The predicted molar refractivity (Wildman–Crippen MR) is 87.3 cm³/mol. The zero-order valence-corrected chi connectivity index (χ0v) is 13.4. The molecule has 0 bridgehead atoms. The molecular formula is C17H15N3O3S. The van der Waals surface area contributed by atoms with Gasteiger partial charge in [0.15, 0.2) is 5.72 Å². The largest absolute Gasteiger partial charge is 0.369 e. The molecule has 1 aliphatic rings. The Morgan fingerprint density at radius 3 is 2.54 bits per heavy atom. The number of hydrogen-bond acceptors (Lipinski definition) is 5. The molecule has 0 saturated carbocycles. The van der Waals surface area contributed by atoms with E-state index >= 15 is 0 Å². The number of thiophene rings is 1. The summed E-state index contributed by atoms with van der Waals surface area (Å²) < 4.78 is 0. The van der Waals surface area contributed by atoms with Gasteiger partial charge in [-0.25, -0.2) is 0 Å². The van der Waals surface area contributed by atoms with Crippen LogP contribution in [0, 0.1) is 23.2 Å². The van der Waals surface area contributed by atoms with Crippen LogP contribution in [0.3, 0.4) is 0 Å². The van der Waals surface area contributed by atoms with E-state index in [1.807, 2.05) is 0 Å². The second kappa shape index (κ2) is 6.07. The normalized spacial score (nSPS) is 29.5. The predicted octanol–water partition coefficient (Wildman–Crippen LogP) is 1.05. The number of nitrogens with one attached hydrogen (secondary N) is 1. The molecule has 1 aromatic carbocycles. The summed E-state index contributed by atoms with van der Waals surface area (Å²) in [5.41, 5.74) is 3.90. The first-order valence-corrected chi connectivity index (χ1v) is 8.19. The summed E-state index contributed by atoms with van der Waals surface area (Å²) in [6, 6.07) is 14.0. The number of carbonyl (C=O) groups is 2. The fraction of sp³-hybridized carbons (Fsp3) is 0.235. The number of carbonyl (C=O) groups excluding carboxylic acids is 2. The summed E-state index contributed by atoms with van der Waals surface area (Å²) >= 11 is 1.32. The van der Waals surface area contributed by atoms with Crippen LogP contribution in [0.5, 0.6) is 0 Å². The minimum atomic E-state index is -1.90. The molecule has 122 valence electrons. The number of nitrogens with zero attached hydrogens (tertiary/aromatic N) is 1. The maximum Gasteiger partial charge on any atom is 0.235 e. The number of benzene rings is 1. The highest BCUT2D eigenvalue weighted by Crippen LogP contribution is 2.46. The monoisotopic (exact) mass is 341 g/mol. The number of nitrogens with two attached hydrogens (primary N) is 1. The molecule has 2 aromatic rings. The molecule has 4 unspecified atom stereocenters. The Kier molecular flexibility index (Phi) is 4.09. The highest BCUT2D eigenvalue weighted by atomic mass is 32.1. The lowest BCUT2D eigenvalue weighted by atomic mass is 9.69. The van der Waals surface area contributed by atoms with Crippen molar-refractivity contribution in [2.24, 2.45) is 17.6 Å². The number of nitriles is 1. The number of rotatable bonds is 3. The molecule has 4 atom stereocenters. The molecule has 0 aliphatic carbocycles. The van der Waals surface area contributed by atoms with Crippen molar-refractivity contribution in [2.45, 2.75) is 11.6 Å². The van der Waals surface area contributed by atoms with Gasteiger partial charge in [-0.05, 0) is 11.4 Å². The standard InChI is InChI=1S/C17H15N3O3S/c18-9-11-13(12-7-4-8-24-12)14(15(19)21)16(22)20-17(11,23)10-5-2-1-3-6-10/h1-8,11,13-14,23H,(H2,19,21)(H,20,22). The quantitative estimate of drug-likeness (QED) is 0.723. The molecular weight excluding hydrogens is 326 g/mol. The van der Waals surface area contributed by atoms with Gasteiger partial charge in [0.05, 0.1) is 6.07 Å². The average molecular weight is 341 g/mol. The van der Waals surface area contributed by atoms with Crippen molar-refractivity contribution >= 4 is 23.2 Å². The van der Waals surface area contributed by atoms with E-state index in [4.69, 9.17) is 5.73 Å². The van der Waals surface area contributed by atoms with Gasteiger partial charge in [-0.3, -0.25) is 9.59 Å². The van der Waals surface area contributed by atoms with Crippen LogP contribution in [0.1, 0.15) is 16.4 Å². The third kappa shape index (κ3) is 2.46. The van der Waals surface area contributed by atoms with Crippen molar-refractivity contribution in [3.63, 3.8) is 0 Å². The van der Waals surface area contributed by atoms with E-state index in [9.17, 15) is 20.0 Å². The third-order valence-corrected chi connectivity index (χ3v) is 5.27. The van der Waals surface area contributed by atoms with Gasteiger partial charge in [-0.15, -0.1) is 11.3 Å². The molecule has 0 spiro atoms. The van der Waals surface area contributed by atoms with Crippen LogP contribution in [0.15, 0.2) is 47.8 Å². The van der Waals surface area contributed by atoms with Crippen LogP contribution in [-0.2, 0) is 15.3 Å². The summed E-state index contributed by atoms with van der Waals surface area (Å²) in [7, 11) is 0. The zero-order chi connectivity index (χ0) is 17.3. The fourth-order valence-electron chi connectivity index (χ4n) is 3.19. The number of primary amides is 1. The van der Waals surface area contributed by atoms with Gasteiger partial charge < -0.3 is 16.2 Å². The molecule has 4 N–H and O–H groups in total. The summed E-state index contributed by atoms with van der Waals surface area (Å²) in [5.74, 6) is -4.59.